The van der Waals surface area contributed by atoms with Gasteiger partial charge in [0.1, 0.15) is 0 Å². The van der Waals surface area contributed by atoms with Gasteiger partial charge in [-0.25, -0.2) is 13.4 Å². The molecule has 1 N–H and O–H groups in total. The maximum Gasteiger partial charge on any atom is 0.293 e. The number of thiazole rings is 1. The van der Waals surface area contributed by atoms with E-state index in [4.69, 9.17) is 4.42 Å². The van der Waals surface area contributed by atoms with Gasteiger partial charge < -0.3 is 4.42 Å². The zero-order valence-electron chi connectivity index (χ0n) is 14.2. The highest BCUT2D eigenvalue weighted by Gasteiger charge is 2.13. The number of carbonyl (C=O) groups is 1. The number of fused-ring (bicyclic) bond motifs is 1. The van der Waals surface area contributed by atoms with Crippen molar-refractivity contribution in [3.63, 3.8) is 0 Å². The normalized spacial score (nSPS) is 11.6. The Balaban J connectivity index is 1.66. The third-order valence-corrected chi connectivity index (χ3v) is 5.99. The molecule has 0 aliphatic rings. The molecule has 1 amide bonds. The number of hydrogen-bond acceptors (Lipinski definition) is 6. The first-order chi connectivity index (χ1) is 12.9. The summed E-state index contributed by atoms with van der Waals surface area (Å²) in [5.74, 6) is -0.146. The Labute approximate surface area is 159 Å². The number of furan rings is 1. The van der Waals surface area contributed by atoms with Crippen LogP contribution in [-0.4, -0.2) is 25.6 Å². The van der Waals surface area contributed by atoms with Crippen LogP contribution in [0.1, 0.15) is 10.6 Å². The lowest BCUT2D eigenvalue weighted by atomic mass is 10.1. The lowest BCUT2D eigenvalue weighted by Gasteiger charge is -2.04. The minimum atomic E-state index is -3.27. The number of hydrogen-bond donors (Lipinski definition) is 1. The highest BCUT2D eigenvalue weighted by atomic mass is 32.2. The molecule has 0 bridgehead atoms. The number of sulfone groups is 1. The fourth-order valence-corrected chi connectivity index (χ4v) is 4.20. The molecule has 4 aromatic rings. The van der Waals surface area contributed by atoms with Crippen molar-refractivity contribution in [2.24, 2.45) is 0 Å². The van der Waals surface area contributed by atoms with E-state index in [2.05, 4.69) is 10.3 Å². The summed E-state index contributed by atoms with van der Waals surface area (Å²) in [6, 6.07) is 15.7. The third-order valence-electron chi connectivity index (χ3n) is 3.95. The molecule has 27 heavy (non-hydrogen) atoms. The third kappa shape index (κ3) is 3.62. The zero-order chi connectivity index (χ0) is 19.0. The van der Waals surface area contributed by atoms with E-state index in [1.807, 2.05) is 24.3 Å². The number of nitrogens with one attached hydrogen (secondary N) is 1. The molecule has 0 fully saturated rings. The summed E-state index contributed by atoms with van der Waals surface area (Å²) in [6.45, 7) is 0. The summed E-state index contributed by atoms with van der Waals surface area (Å²) >= 11 is 1.34. The van der Waals surface area contributed by atoms with Gasteiger partial charge in [-0.3, -0.25) is 10.1 Å². The van der Waals surface area contributed by atoms with E-state index in [0.717, 1.165) is 21.3 Å². The van der Waals surface area contributed by atoms with Crippen LogP contribution in [0.4, 0.5) is 5.13 Å². The molecule has 6 nitrogen and oxygen atoms in total. The van der Waals surface area contributed by atoms with E-state index < -0.39 is 9.84 Å². The molecule has 0 aliphatic carbocycles. The maximum absolute atomic E-state index is 12.1. The van der Waals surface area contributed by atoms with Gasteiger partial charge in [0.15, 0.2) is 20.7 Å². The van der Waals surface area contributed by atoms with Crippen LogP contribution in [0.5, 0.6) is 0 Å². The summed E-state index contributed by atoms with van der Waals surface area (Å²) in [5, 5.41) is 3.18. The first kappa shape index (κ1) is 17.4. The van der Waals surface area contributed by atoms with Gasteiger partial charge in [-0.2, -0.15) is 0 Å². The van der Waals surface area contributed by atoms with Crippen molar-refractivity contribution in [1.82, 2.24) is 4.98 Å². The van der Waals surface area contributed by atoms with E-state index in [9.17, 15) is 13.2 Å². The number of carbonyl (C=O) groups excluding carboxylic acids is 1. The number of benzene rings is 2. The summed E-state index contributed by atoms with van der Waals surface area (Å²) in [4.78, 5) is 16.8. The molecular formula is C19H14N2O4S2. The number of rotatable bonds is 4. The fourth-order valence-electron chi connectivity index (χ4n) is 2.63. The van der Waals surface area contributed by atoms with Crippen molar-refractivity contribution in [1.29, 1.82) is 0 Å². The average molecular weight is 398 g/mol. The van der Waals surface area contributed by atoms with Gasteiger partial charge in [0.25, 0.3) is 5.91 Å². The van der Waals surface area contributed by atoms with Crippen molar-refractivity contribution >= 4 is 42.4 Å². The summed E-state index contributed by atoms with van der Waals surface area (Å²) in [6.07, 6.45) is 2.62. The van der Waals surface area contributed by atoms with Crippen LogP contribution in [0, 0.1) is 0 Å². The molecule has 2 heterocycles. The van der Waals surface area contributed by atoms with Gasteiger partial charge in [0.05, 0.1) is 21.4 Å². The van der Waals surface area contributed by atoms with Gasteiger partial charge in [-0.15, -0.1) is 0 Å². The molecule has 2 aromatic carbocycles. The highest BCUT2D eigenvalue weighted by Crippen LogP contribution is 2.31. The summed E-state index contributed by atoms with van der Waals surface area (Å²) < 4.78 is 29.5. The number of aromatic nitrogens is 1. The van der Waals surface area contributed by atoms with Gasteiger partial charge >= 0.3 is 0 Å². The number of nitrogens with zero attached hydrogens (tertiary/aromatic N) is 1. The molecule has 0 radical (unpaired) electrons. The Bertz CT molecular complexity index is 1240. The Morgan fingerprint density at radius 2 is 1.89 bits per heavy atom. The molecule has 8 heteroatoms. The first-order valence-corrected chi connectivity index (χ1v) is 10.7. The van der Waals surface area contributed by atoms with Crippen molar-refractivity contribution in [2.75, 3.05) is 11.6 Å². The second-order valence-corrected chi connectivity index (χ2v) is 8.98. The molecule has 0 unspecified atom stereocenters. The molecule has 0 spiro atoms. The van der Waals surface area contributed by atoms with Crippen molar-refractivity contribution in [3.05, 3.63) is 66.6 Å². The van der Waals surface area contributed by atoms with Crippen molar-refractivity contribution in [3.8, 4) is 11.1 Å². The maximum atomic E-state index is 12.1. The molecule has 0 atom stereocenters. The SMILES string of the molecule is CS(=O)(=O)c1cccc(-c2ccc3nc(NC(=O)c4ccco4)sc3c2)c1. The molecular weight excluding hydrogens is 384 g/mol. The second kappa shape index (κ2) is 6.64. The highest BCUT2D eigenvalue weighted by molar-refractivity contribution is 7.90. The van der Waals surface area contributed by atoms with Crippen LogP contribution in [0.15, 0.2) is 70.2 Å². The molecule has 0 aliphatic heterocycles. The minimum absolute atomic E-state index is 0.215. The number of anilines is 1. The van der Waals surface area contributed by atoms with Crippen molar-refractivity contribution in [2.45, 2.75) is 4.90 Å². The molecule has 136 valence electrons. The lowest BCUT2D eigenvalue weighted by molar-refractivity contribution is 0.0996. The van der Waals surface area contributed by atoms with Crippen LogP contribution in [0.25, 0.3) is 21.3 Å². The van der Waals surface area contributed by atoms with Crippen LogP contribution in [0.3, 0.4) is 0 Å². The zero-order valence-corrected chi connectivity index (χ0v) is 15.8. The monoisotopic (exact) mass is 398 g/mol. The predicted octanol–water partition coefficient (Wildman–Crippen LogP) is 4.21. The second-order valence-electron chi connectivity index (χ2n) is 5.93. The lowest BCUT2D eigenvalue weighted by Crippen LogP contribution is -2.10. The molecule has 2 aromatic heterocycles. The quantitative estimate of drug-likeness (QED) is 0.556. The van der Waals surface area contributed by atoms with E-state index >= 15 is 0 Å². The average Bonchev–Trinajstić information content (AvgIpc) is 3.30. The van der Waals surface area contributed by atoms with Gasteiger partial charge in [-0.1, -0.05) is 29.5 Å². The first-order valence-electron chi connectivity index (χ1n) is 7.96. The van der Waals surface area contributed by atoms with Crippen LogP contribution in [-0.2, 0) is 9.84 Å². The largest absolute Gasteiger partial charge is 0.459 e. The van der Waals surface area contributed by atoms with E-state index in [1.54, 1.807) is 30.3 Å². The molecule has 0 saturated carbocycles. The number of amides is 1. The predicted molar refractivity (Wildman–Crippen MR) is 105 cm³/mol. The van der Waals surface area contributed by atoms with E-state index in [0.29, 0.717) is 5.13 Å². The summed E-state index contributed by atoms with van der Waals surface area (Å²) in [7, 11) is -3.27. The minimum Gasteiger partial charge on any atom is -0.459 e. The van der Waals surface area contributed by atoms with Crippen LogP contribution in [0.2, 0.25) is 0 Å². The smallest absolute Gasteiger partial charge is 0.293 e. The van der Waals surface area contributed by atoms with Gasteiger partial charge in [0, 0.05) is 6.26 Å². The van der Waals surface area contributed by atoms with Crippen LogP contribution >= 0.6 is 11.3 Å². The summed E-state index contributed by atoms with van der Waals surface area (Å²) in [5.41, 5.74) is 2.42. The van der Waals surface area contributed by atoms with Gasteiger partial charge in [0.2, 0.25) is 0 Å². The topological polar surface area (TPSA) is 89.3 Å². The van der Waals surface area contributed by atoms with Gasteiger partial charge in [-0.05, 0) is 47.5 Å². The van der Waals surface area contributed by atoms with Crippen LogP contribution < -0.4 is 5.32 Å². The Kier molecular flexibility index (Phi) is 4.29. The Morgan fingerprint density at radius 1 is 1.07 bits per heavy atom. The Hall–Kier alpha value is -2.97. The van der Waals surface area contributed by atoms with E-state index in [1.165, 1.54) is 23.9 Å². The standard InChI is InChI=1S/C19H14N2O4S2/c1-27(23,24)14-5-2-4-12(10-14)13-7-8-15-17(11-13)26-19(20-15)21-18(22)16-6-3-9-25-16/h2-11H,1H3,(H,20,21,22). The molecule has 0 saturated heterocycles. The molecule has 4 rings (SSSR count). The Morgan fingerprint density at radius 3 is 2.63 bits per heavy atom. The van der Waals surface area contributed by atoms with E-state index in [-0.39, 0.29) is 16.6 Å². The van der Waals surface area contributed by atoms with Crippen molar-refractivity contribution < 1.29 is 17.6 Å². The fraction of sp³-hybridized carbons (Fsp3) is 0.0526.